The lowest BCUT2D eigenvalue weighted by molar-refractivity contribution is 0.312. The predicted molar refractivity (Wildman–Crippen MR) is 98.8 cm³/mol. The molecule has 0 atom stereocenters. The van der Waals surface area contributed by atoms with E-state index >= 15 is 0 Å². The molecule has 0 bridgehead atoms. The Morgan fingerprint density at radius 2 is 1.88 bits per heavy atom. The van der Waals surface area contributed by atoms with Crippen molar-refractivity contribution in [3.63, 3.8) is 0 Å². The molecule has 1 aliphatic heterocycles. The van der Waals surface area contributed by atoms with Crippen molar-refractivity contribution >= 4 is 28.5 Å². The lowest BCUT2D eigenvalue weighted by atomic mass is 10.2. The van der Waals surface area contributed by atoms with Gasteiger partial charge >= 0.3 is 0 Å². The zero-order chi connectivity index (χ0) is 16.7. The van der Waals surface area contributed by atoms with E-state index in [0.29, 0.717) is 10.8 Å². The Labute approximate surface area is 146 Å². The number of aromatic amines is 1. The van der Waals surface area contributed by atoms with E-state index in [9.17, 15) is 0 Å². The molecule has 3 heterocycles. The number of H-pyrrole nitrogens is 1. The number of anilines is 1. The number of nitrogens with zero attached hydrogens (tertiary/aromatic N) is 4. The highest BCUT2D eigenvalue weighted by Crippen LogP contribution is 2.29. The minimum atomic E-state index is 0.694. The lowest BCUT2D eigenvalue weighted by Crippen LogP contribution is -2.44. The normalized spacial score (nSPS) is 16.0. The molecule has 24 heavy (non-hydrogen) atoms. The number of aryl methyl sites for hydroxylation is 1. The van der Waals surface area contributed by atoms with E-state index in [-0.39, 0.29) is 0 Å². The van der Waals surface area contributed by atoms with Gasteiger partial charge in [-0.05, 0) is 32.2 Å². The quantitative estimate of drug-likeness (QED) is 0.776. The average Bonchev–Trinajstić information content (AvgIpc) is 2.95. The Morgan fingerprint density at radius 1 is 1.08 bits per heavy atom. The number of fused-ring (bicyclic) bond motifs is 1. The van der Waals surface area contributed by atoms with Crippen molar-refractivity contribution in [2.75, 3.05) is 38.1 Å². The number of nitrogens with one attached hydrogen (secondary N) is 1. The van der Waals surface area contributed by atoms with Gasteiger partial charge in [-0.1, -0.05) is 23.7 Å². The summed E-state index contributed by atoms with van der Waals surface area (Å²) >= 11 is 6.14. The number of hydrogen-bond donors (Lipinski definition) is 1. The third kappa shape index (κ3) is 2.85. The Balaban J connectivity index is 1.84. The monoisotopic (exact) mass is 341 g/mol. The number of benzene rings is 1. The molecule has 0 radical (unpaired) electrons. The second kappa shape index (κ2) is 6.07. The number of hydrogen-bond acceptors (Lipinski definition) is 4. The first-order valence-electron chi connectivity index (χ1n) is 8.17. The summed E-state index contributed by atoms with van der Waals surface area (Å²) in [5, 5.41) is 1.78. The highest BCUT2D eigenvalue weighted by Gasteiger charge is 2.20. The molecule has 1 aromatic carbocycles. The molecule has 0 aliphatic carbocycles. The van der Waals surface area contributed by atoms with Crippen molar-refractivity contribution in [1.82, 2.24) is 19.9 Å². The highest BCUT2D eigenvalue weighted by molar-refractivity contribution is 6.30. The van der Waals surface area contributed by atoms with Crippen molar-refractivity contribution in [3.8, 4) is 11.4 Å². The first-order valence-corrected chi connectivity index (χ1v) is 8.55. The van der Waals surface area contributed by atoms with Crippen LogP contribution in [0.5, 0.6) is 0 Å². The van der Waals surface area contributed by atoms with Gasteiger partial charge in [0.05, 0.1) is 5.39 Å². The van der Waals surface area contributed by atoms with Gasteiger partial charge in [0.25, 0.3) is 0 Å². The Morgan fingerprint density at radius 3 is 2.62 bits per heavy atom. The molecule has 1 aliphatic rings. The molecule has 0 amide bonds. The van der Waals surface area contributed by atoms with Crippen molar-refractivity contribution in [2.24, 2.45) is 0 Å². The van der Waals surface area contributed by atoms with E-state index in [1.807, 2.05) is 24.3 Å². The number of rotatable bonds is 2. The van der Waals surface area contributed by atoms with Crippen LogP contribution in [0, 0.1) is 6.92 Å². The van der Waals surface area contributed by atoms with E-state index in [1.165, 1.54) is 0 Å². The van der Waals surface area contributed by atoms with E-state index in [4.69, 9.17) is 21.6 Å². The topological polar surface area (TPSA) is 48.1 Å². The molecule has 0 saturated carbocycles. The first-order chi connectivity index (χ1) is 11.6. The second-order valence-electron chi connectivity index (χ2n) is 6.39. The number of aromatic nitrogens is 3. The molecule has 1 N–H and O–H groups in total. The molecular weight excluding hydrogens is 322 g/mol. The summed E-state index contributed by atoms with van der Waals surface area (Å²) in [6, 6.07) is 9.83. The molecule has 6 heteroatoms. The average molecular weight is 342 g/mol. The van der Waals surface area contributed by atoms with Gasteiger partial charge in [0.15, 0.2) is 5.82 Å². The van der Waals surface area contributed by atoms with Crippen LogP contribution in [0.2, 0.25) is 5.02 Å². The van der Waals surface area contributed by atoms with Crippen molar-refractivity contribution in [2.45, 2.75) is 6.92 Å². The first kappa shape index (κ1) is 15.4. The number of piperazine rings is 1. The maximum atomic E-state index is 6.14. The molecule has 4 rings (SSSR count). The maximum absolute atomic E-state index is 6.14. The summed E-state index contributed by atoms with van der Waals surface area (Å²) in [5.41, 5.74) is 2.91. The third-order valence-electron chi connectivity index (χ3n) is 4.49. The van der Waals surface area contributed by atoms with Crippen molar-refractivity contribution < 1.29 is 0 Å². The van der Waals surface area contributed by atoms with Crippen LogP contribution in [0.4, 0.5) is 5.82 Å². The van der Waals surface area contributed by atoms with Crippen LogP contribution in [0.3, 0.4) is 0 Å². The third-order valence-corrected chi connectivity index (χ3v) is 4.72. The minimum Gasteiger partial charge on any atom is -0.353 e. The van der Waals surface area contributed by atoms with Crippen molar-refractivity contribution in [3.05, 3.63) is 41.0 Å². The van der Waals surface area contributed by atoms with Crippen LogP contribution in [0.15, 0.2) is 30.3 Å². The van der Waals surface area contributed by atoms with Crippen LogP contribution in [0.25, 0.3) is 22.4 Å². The molecule has 124 valence electrons. The van der Waals surface area contributed by atoms with Gasteiger partial charge in [-0.25, -0.2) is 9.97 Å². The van der Waals surface area contributed by atoms with Gasteiger partial charge in [0.1, 0.15) is 11.5 Å². The maximum Gasteiger partial charge on any atom is 0.163 e. The second-order valence-corrected chi connectivity index (χ2v) is 6.82. The van der Waals surface area contributed by atoms with E-state index in [0.717, 1.165) is 54.3 Å². The molecule has 1 saturated heterocycles. The summed E-state index contributed by atoms with van der Waals surface area (Å²) in [6.07, 6.45) is 0. The summed E-state index contributed by atoms with van der Waals surface area (Å²) in [4.78, 5) is 17.7. The standard InChI is InChI=1S/C18H20ClN5/c1-12-10-15-17(20-12)21-16(13-4-3-5-14(19)11-13)22-18(15)24-8-6-23(2)7-9-24/h3-5,10-11H,6-9H2,1-2H3,(H,20,21,22). The molecule has 5 nitrogen and oxygen atoms in total. The summed E-state index contributed by atoms with van der Waals surface area (Å²) in [6.45, 7) is 6.08. The van der Waals surface area contributed by atoms with Crippen LogP contribution in [0.1, 0.15) is 5.69 Å². The van der Waals surface area contributed by atoms with Crippen LogP contribution < -0.4 is 4.90 Å². The molecule has 0 unspecified atom stereocenters. The van der Waals surface area contributed by atoms with Crippen LogP contribution in [-0.2, 0) is 0 Å². The SMILES string of the molecule is Cc1cc2c(N3CCN(C)CC3)nc(-c3cccc(Cl)c3)nc2[nH]1. The smallest absolute Gasteiger partial charge is 0.163 e. The van der Waals surface area contributed by atoms with E-state index in [2.05, 4.69) is 34.8 Å². The zero-order valence-corrected chi connectivity index (χ0v) is 14.6. The largest absolute Gasteiger partial charge is 0.353 e. The molecule has 3 aromatic rings. The Bertz CT molecular complexity index is 880. The van der Waals surface area contributed by atoms with E-state index < -0.39 is 0 Å². The molecular formula is C18H20ClN5. The Hall–Kier alpha value is -2.11. The zero-order valence-electron chi connectivity index (χ0n) is 13.9. The van der Waals surface area contributed by atoms with Crippen molar-refractivity contribution in [1.29, 1.82) is 0 Å². The van der Waals surface area contributed by atoms with Crippen LogP contribution in [-0.4, -0.2) is 53.1 Å². The Kier molecular flexibility index (Phi) is 3.90. The number of halogens is 1. The van der Waals surface area contributed by atoms with E-state index in [1.54, 1.807) is 0 Å². The van der Waals surface area contributed by atoms with Gasteiger partial charge in [0.2, 0.25) is 0 Å². The molecule has 1 fully saturated rings. The van der Waals surface area contributed by atoms with Gasteiger partial charge in [-0.3, -0.25) is 0 Å². The fourth-order valence-electron chi connectivity index (χ4n) is 3.14. The fraction of sp³-hybridized carbons (Fsp3) is 0.333. The number of likely N-dealkylation sites (N-methyl/N-ethyl adjacent to an activating group) is 1. The summed E-state index contributed by atoms with van der Waals surface area (Å²) in [5.74, 6) is 1.72. The van der Waals surface area contributed by atoms with Gasteiger partial charge in [-0.2, -0.15) is 0 Å². The van der Waals surface area contributed by atoms with Gasteiger partial charge in [0, 0.05) is 42.5 Å². The van der Waals surface area contributed by atoms with Gasteiger partial charge in [-0.15, -0.1) is 0 Å². The molecule has 2 aromatic heterocycles. The highest BCUT2D eigenvalue weighted by atomic mass is 35.5. The predicted octanol–water partition coefficient (Wildman–Crippen LogP) is 3.34. The summed E-state index contributed by atoms with van der Waals surface area (Å²) < 4.78 is 0. The lowest BCUT2D eigenvalue weighted by Gasteiger charge is -2.33. The fourth-order valence-corrected chi connectivity index (χ4v) is 3.33. The van der Waals surface area contributed by atoms with Crippen LogP contribution >= 0.6 is 11.6 Å². The molecule has 0 spiro atoms. The van der Waals surface area contributed by atoms with Gasteiger partial charge < -0.3 is 14.8 Å². The summed E-state index contributed by atoms with van der Waals surface area (Å²) in [7, 11) is 2.16. The minimum absolute atomic E-state index is 0.694.